The number of ether oxygens (including phenoxy) is 1. The molecule has 3 heteroatoms. The molecule has 1 unspecified atom stereocenters. The number of halogens is 1. The van der Waals surface area contributed by atoms with Crippen LogP contribution >= 0.6 is 11.6 Å². The fraction of sp³-hybridized carbons (Fsp3) is 0.500. The molecule has 2 rings (SSSR count). The third kappa shape index (κ3) is 4.88. The Hall–Kier alpha value is -0.990. The lowest BCUT2D eigenvalue weighted by Crippen LogP contribution is -2.30. The lowest BCUT2D eigenvalue weighted by Gasteiger charge is -2.19. The van der Waals surface area contributed by atoms with Crippen LogP contribution in [0.4, 0.5) is 0 Å². The van der Waals surface area contributed by atoms with Crippen LogP contribution in [0, 0.1) is 0 Å². The van der Waals surface area contributed by atoms with Crippen LogP contribution in [-0.2, 0) is 0 Å². The van der Waals surface area contributed by atoms with Gasteiger partial charge in [-0.2, -0.15) is 0 Å². The van der Waals surface area contributed by atoms with Crippen molar-refractivity contribution in [2.45, 2.75) is 44.6 Å². The van der Waals surface area contributed by atoms with Gasteiger partial charge in [-0.25, -0.2) is 0 Å². The fourth-order valence-electron chi connectivity index (χ4n) is 2.40. The molecule has 19 heavy (non-hydrogen) atoms. The van der Waals surface area contributed by atoms with Gasteiger partial charge >= 0.3 is 0 Å². The molecule has 1 aliphatic carbocycles. The summed E-state index contributed by atoms with van der Waals surface area (Å²) in [6.45, 7) is 0.520. The van der Waals surface area contributed by atoms with E-state index >= 15 is 0 Å². The first-order chi connectivity index (χ1) is 9.25. The summed E-state index contributed by atoms with van der Waals surface area (Å²) in [7, 11) is 0. The second-order valence-electron chi connectivity index (χ2n) is 5.11. The first-order valence-corrected chi connectivity index (χ1v) is 7.46. The Bertz CT molecular complexity index is 431. The first-order valence-electron chi connectivity index (χ1n) is 7.08. The predicted octanol–water partition coefficient (Wildman–Crippen LogP) is 4.33. The highest BCUT2D eigenvalue weighted by Gasteiger charge is 2.11. The lowest BCUT2D eigenvalue weighted by molar-refractivity contribution is 0.299. The van der Waals surface area contributed by atoms with E-state index in [-0.39, 0.29) is 6.04 Å². The lowest BCUT2D eigenvalue weighted by atomic mass is 9.96. The third-order valence-electron chi connectivity index (χ3n) is 3.53. The van der Waals surface area contributed by atoms with Crippen LogP contribution in [0.1, 0.15) is 38.5 Å². The van der Waals surface area contributed by atoms with Crippen molar-refractivity contribution in [2.24, 2.45) is 5.73 Å². The van der Waals surface area contributed by atoms with Crippen LogP contribution in [0.15, 0.2) is 35.9 Å². The van der Waals surface area contributed by atoms with E-state index in [9.17, 15) is 0 Å². The van der Waals surface area contributed by atoms with E-state index in [1.165, 1.54) is 31.3 Å². The van der Waals surface area contributed by atoms with Gasteiger partial charge in [0, 0.05) is 5.02 Å². The predicted molar refractivity (Wildman–Crippen MR) is 80.7 cm³/mol. The molecule has 1 aromatic rings. The van der Waals surface area contributed by atoms with Gasteiger partial charge in [-0.15, -0.1) is 0 Å². The van der Waals surface area contributed by atoms with E-state index in [4.69, 9.17) is 22.1 Å². The van der Waals surface area contributed by atoms with Crippen molar-refractivity contribution >= 4 is 11.6 Å². The molecule has 0 aromatic heterocycles. The summed E-state index contributed by atoms with van der Waals surface area (Å²) >= 11 is 5.93. The molecular weight excluding hydrogens is 258 g/mol. The molecule has 1 atom stereocenters. The van der Waals surface area contributed by atoms with Crippen molar-refractivity contribution in [2.75, 3.05) is 6.61 Å². The van der Waals surface area contributed by atoms with Gasteiger partial charge in [0.05, 0.1) is 6.04 Å². The molecule has 0 bridgehead atoms. The molecule has 0 heterocycles. The molecule has 1 aromatic carbocycles. The SMILES string of the molecule is NC(COc1cccc(Cl)c1)/C1=C/CCCCCC1. The van der Waals surface area contributed by atoms with Crippen LogP contribution in [0.2, 0.25) is 5.02 Å². The van der Waals surface area contributed by atoms with Crippen LogP contribution in [-0.4, -0.2) is 12.6 Å². The summed E-state index contributed by atoms with van der Waals surface area (Å²) < 4.78 is 5.72. The Kier molecular flexibility index (Phi) is 5.74. The first kappa shape index (κ1) is 14.4. The number of hydrogen-bond donors (Lipinski definition) is 1. The molecule has 0 amide bonds. The topological polar surface area (TPSA) is 35.2 Å². The van der Waals surface area contributed by atoms with Gasteiger partial charge in [0.15, 0.2) is 0 Å². The largest absolute Gasteiger partial charge is 0.492 e. The van der Waals surface area contributed by atoms with Gasteiger partial charge in [0.1, 0.15) is 12.4 Å². The van der Waals surface area contributed by atoms with Crippen LogP contribution < -0.4 is 10.5 Å². The molecule has 0 fully saturated rings. The van der Waals surface area contributed by atoms with E-state index < -0.39 is 0 Å². The smallest absolute Gasteiger partial charge is 0.120 e. The highest BCUT2D eigenvalue weighted by molar-refractivity contribution is 6.30. The van der Waals surface area contributed by atoms with Gasteiger partial charge in [-0.1, -0.05) is 42.2 Å². The van der Waals surface area contributed by atoms with Gasteiger partial charge in [-0.3, -0.25) is 0 Å². The molecule has 0 spiro atoms. The number of rotatable bonds is 4. The summed E-state index contributed by atoms with van der Waals surface area (Å²) in [6, 6.07) is 7.45. The van der Waals surface area contributed by atoms with Crippen LogP contribution in [0.5, 0.6) is 5.75 Å². The highest BCUT2D eigenvalue weighted by Crippen LogP contribution is 2.21. The van der Waals surface area contributed by atoms with Crippen molar-refractivity contribution in [3.8, 4) is 5.75 Å². The van der Waals surface area contributed by atoms with E-state index in [0.29, 0.717) is 11.6 Å². The molecule has 0 saturated carbocycles. The maximum absolute atomic E-state index is 6.23. The van der Waals surface area contributed by atoms with Gasteiger partial charge in [-0.05, 0) is 43.9 Å². The van der Waals surface area contributed by atoms with Gasteiger partial charge < -0.3 is 10.5 Å². The van der Waals surface area contributed by atoms with Crippen LogP contribution in [0.3, 0.4) is 0 Å². The third-order valence-corrected chi connectivity index (χ3v) is 3.76. The summed E-state index contributed by atoms with van der Waals surface area (Å²) in [5.74, 6) is 0.786. The average Bonchev–Trinajstić information content (AvgIpc) is 2.36. The minimum absolute atomic E-state index is 0.00270. The van der Waals surface area contributed by atoms with Crippen molar-refractivity contribution in [3.63, 3.8) is 0 Å². The maximum atomic E-state index is 6.23. The Morgan fingerprint density at radius 1 is 1.21 bits per heavy atom. The molecule has 0 aliphatic heterocycles. The molecule has 2 nitrogen and oxygen atoms in total. The molecule has 2 N–H and O–H groups in total. The average molecular weight is 280 g/mol. The number of hydrogen-bond acceptors (Lipinski definition) is 2. The Balaban J connectivity index is 1.87. The Morgan fingerprint density at radius 3 is 2.89 bits per heavy atom. The van der Waals surface area contributed by atoms with Gasteiger partial charge in [0.2, 0.25) is 0 Å². The van der Waals surface area contributed by atoms with Crippen molar-refractivity contribution in [3.05, 3.63) is 40.9 Å². The molecule has 0 radical (unpaired) electrons. The monoisotopic (exact) mass is 279 g/mol. The van der Waals surface area contributed by atoms with E-state index in [1.807, 2.05) is 24.3 Å². The standard InChI is InChI=1S/C16H22ClNO/c17-14-9-6-10-15(11-14)19-12-16(18)13-7-4-2-1-3-5-8-13/h6-7,9-11,16H,1-5,8,12,18H2/b13-7+. The van der Waals surface area contributed by atoms with Crippen molar-refractivity contribution in [1.82, 2.24) is 0 Å². The second-order valence-corrected chi connectivity index (χ2v) is 5.54. The van der Waals surface area contributed by atoms with Gasteiger partial charge in [0.25, 0.3) is 0 Å². The summed E-state index contributed by atoms with van der Waals surface area (Å²) in [6.07, 6.45) is 9.77. The number of nitrogens with two attached hydrogens (primary N) is 1. The normalized spacial score (nSPS) is 20.8. The zero-order valence-electron chi connectivity index (χ0n) is 11.3. The molecule has 0 saturated heterocycles. The maximum Gasteiger partial charge on any atom is 0.120 e. The molecule has 104 valence electrons. The number of allylic oxidation sites excluding steroid dienone is 1. The molecule has 1 aliphatic rings. The number of benzene rings is 1. The Morgan fingerprint density at radius 2 is 2.05 bits per heavy atom. The minimum Gasteiger partial charge on any atom is -0.492 e. The van der Waals surface area contributed by atoms with Crippen molar-refractivity contribution < 1.29 is 4.74 Å². The van der Waals surface area contributed by atoms with E-state index in [2.05, 4.69) is 6.08 Å². The summed E-state index contributed by atoms with van der Waals surface area (Å²) in [5.41, 5.74) is 7.58. The van der Waals surface area contributed by atoms with Crippen LogP contribution in [0.25, 0.3) is 0 Å². The Labute approximate surface area is 120 Å². The van der Waals surface area contributed by atoms with E-state index in [1.54, 1.807) is 0 Å². The zero-order valence-corrected chi connectivity index (χ0v) is 12.0. The van der Waals surface area contributed by atoms with Crippen molar-refractivity contribution in [1.29, 1.82) is 0 Å². The minimum atomic E-state index is -0.00270. The second kappa shape index (κ2) is 7.56. The fourth-order valence-corrected chi connectivity index (χ4v) is 2.58. The summed E-state index contributed by atoms with van der Waals surface area (Å²) in [5, 5.41) is 0.691. The highest BCUT2D eigenvalue weighted by atomic mass is 35.5. The zero-order chi connectivity index (χ0) is 13.5. The molecular formula is C16H22ClNO. The summed E-state index contributed by atoms with van der Waals surface area (Å²) in [4.78, 5) is 0. The van der Waals surface area contributed by atoms with E-state index in [0.717, 1.165) is 18.6 Å². The quantitative estimate of drug-likeness (QED) is 0.833.